The number of carbonyl (C=O) groups excluding carboxylic acids is 1. The summed E-state index contributed by atoms with van der Waals surface area (Å²) in [4.78, 5) is 11.5. The van der Waals surface area contributed by atoms with Crippen LogP contribution in [0.2, 0.25) is 5.02 Å². The van der Waals surface area contributed by atoms with Gasteiger partial charge in [-0.1, -0.05) is 11.6 Å². The highest BCUT2D eigenvalue weighted by atomic mass is 35.5. The lowest BCUT2D eigenvalue weighted by atomic mass is 10.1. The molecule has 0 aromatic heterocycles. The van der Waals surface area contributed by atoms with Crippen molar-refractivity contribution < 1.29 is 14.3 Å². The molecule has 3 N–H and O–H groups in total. The molecule has 0 saturated heterocycles. The molecule has 0 spiro atoms. The fraction of sp³-hybridized carbons (Fsp3) is 0.462. The van der Waals surface area contributed by atoms with Crippen molar-refractivity contribution in [1.29, 1.82) is 0 Å². The Balaban J connectivity index is 3.02. The van der Waals surface area contributed by atoms with Crippen molar-refractivity contribution in [2.75, 3.05) is 20.7 Å². The van der Waals surface area contributed by atoms with Gasteiger partial charge in [-0.15, -0.1) is 0 Å². The zero-order valence-corrected chi connectivity index (χ0v) is 12.1. The lowest BCUT2D eigenvalue weighted by molar-refractivity contribution is -0.126. The quantitative estimate of drug-likeness (QED) is 0.828. The molecule has 106 valence electrons. The van der Waals surface area contributed by atoms with E-state index in [2.05, 4.69) is 5.32 Å². The third kappa shape index (κ3) is 4.01. The van der Waals surface area contributed by atoms with Gasteiger partial charge in [0.15, 0.2) is 17.6 Å². The van der Waals surface area contributed by atoms with E-state index in [1.807, 2.05) is 6.07 Å². The predicted molar refractivity (Wildman–Crippen MR) is 74.9 cm³/mol. The summed E-state index contributed by atoms with van der Waals surface area (Å²) in [5.74, 6) is 0.622. The van der Waals surface area contributed by atoms with E-state index in [-0.39, 0.29) is 5.91 Å². The Morgan fingerprint density at radius 3 is 2.74 bits per heavy atom. The summed E-state index contributed by atoms with van der Waals surface area (Å²) in [5, 5.41) is 2.91. The SMILES string of the molecule is CNC(=O)C(C)Oc1c(Cl)cc(CCN)cc1OC. The number of likely N-dealkylation sites (N-methyl/N-ethyl adjacent to an activating group) is 1. The van der Waals surface area contributed by atoms with Crippen molar-refractivity contribution in [3.8, 4) is 11.5 Å². The normalized spacial score (nSPS) is 11.8. The van der Waals surface area contributed by atoms with Crippen LogP contribution in [-0.4, -0.2) is 32.7 Å². The minimum Gasteiger partial charge on any atom is -0.493 e. The number of rotatable bonds is 6. The van der Waals surface area contributed by atoms with E-state index >= 15 is 0 Å². The van der Waals surface area contributed by atoms with Crippen LogP contribution in [0.5, 0.6) is 11.5 Å². The van der Waals surface area contributed by atoms with Gasteiger partial charge >= 0.3 is 0 Å². The van der Waals surface area contributed by atoms with E-state index in [1.54, 1.807) is 20.0 Å². The van der Waals surface area contributed by atoms with Crippen molar-refractivity contribution >= 4 is 17.5 Å². The first-order chi connectivity index (χ1) is 9.03. The van der Waals surface area contributed by atoms with Gasteiger partial charge in [-0.2, -0.15) is 0 Å². The minimum absolute atomic E-state index is 0.232. The third-order valence-electron chi connectivity index (χ3n) is 2.63. The topological polar surface area (TPSA) is 73.6 Å². The maximum atomic E-state index is 11.5. The molecule has 0 fully saturated rings. The molecule has 0 saturated carbocycles. The van der Waals surface area contributed by atoms with Crippen LogP contribution in [0.4, 0.5) is 0 Å². The molecule has 6 heteroatoms. The van der Waals surface area contributed by atoms with Gasteiger partial charge in [0.25, 0.3) is 5.91 Å². The lowest BCUT2D eigenvalue weighted by Gasteiger charge is -2.17. The van der Waals surface area contributed by atoms with Crippen LogP contribution in [0.1, 0.15) is 12.5 Å². The molecule has 0 aliphatic rings. The van der Waals surface area contributed by atoms with E-state index in [0.717, 1.165) is 5.56 Å². The molecule has 0 heterocycles. The highest BCUT2D eigenvalue weighted by molar-refractivity contribution is 6.32. The van der Waals surface area contributed by atoms with Crippen LogP contribution >= 0.6 is 11.6 Å². The number of carbonyl (C=O) groups is 1. The van der Waals surface area contributed by atoms with Gasteiger partial charge in [-0.05, 0) is 37.6 Å². The van der Waals surface area contributed by atoms with Crippen LogP contribution in [0.15, 0.2) is 12.1 Å². The predicted octanol–water partition coefficient (Wildman–Crippen LogP) is 1.36. The van der Waals surface area contributed by atoms with E-state index in [1.165, 1.54) is 7.11 Å². The van der Waals surface area contributed by atoms with Crippen molar-refractivity contribution in [3.63, 3.8) is 0 Å². The van der Waals surface area contributed by atoms with Crippen LogP contribution in [0, 0.1) is 0 Å². The summed E-state index contributed by atoms with van der Waals surface area (Å²) >= 11 is 6.16. The molecule has 1 atom stereocenters. The number of nitrogens with two attached hydrogens (primary N) is 1. The molecule has 5 nitrogen and oxygen atoms in total. The second-order valence-electron chi connectivity index (χ2n) is 4.02. The van der Waals surface area contributed by atoms with E-state index < -0.39 is 6.10 Å². The first kappa shape index (κ1) is 15.6. The Labute approximate surface area is 118 Å². The molecule has 1 rings (SSSR count). The van der Waals surface area contributed by atoms with Crippen molar-refractivity contribution in [3.05, 3.63) is 22.7 Å². The molecule has 1 unspecified atom stereocenters. The summed E-state index contributed by atoms with van der Waals surface area (Å²) in [7, 11) is 3.07. The first-order valence-electron chi connectivity index (χ1n) is 5.98. The maximum Gasteiger partial charge on any atom is 0.260 e. The van der Waals surface area contributed by atoms with Gasteiger partial charge in [0.05, 0.1) is 12.1 Å². The molecule has 19 heavy (non-hydrogen) atoms. The van der Waals surface area contributed by atoms with Crippen molar-refractivity contribution in [2.24, 2.45) is 5.73 Å². The smallest absolute Gasteiger partial charge is 0.260 e. The maximum absolute atomic E-state index is 11.5. The molecule has 0 aliphatic carbocycles. The second-order valence-corrected chi connectivity index (χ2v) is 4.43. The van der Waals surface area contributed by atoms with E-state index in [0.29, 0.717) is 29.5 Å². The Morgan fingerprint density at radius 2 is 2.21 bits per heavy atom. The van der Waals surface area contributed by atoms with Crippen molar-refractivity contribution in [2.45, 2.75) is 19.4 Å². The monoisotopic (exact) mass is 286 g/mol. The Bertz CT molecular complexity index is 452. The van der Waals surface area contributed by atoms with Crippen LogP contribution < -0.4 is 20.5 Å². The fourth-order valence-corrected chi connectivity index (χ4v) is 1.91. The average Bonchev–Trinajstić information content (AvgIpc) is 2.40. The van der Waals surface area contributed by atoms with Gasteiger partial charge in [0.2, 0.25) is 0 Å². The Kier molecular flexibility index (Phi) is 5.92. The highest BCUT2D eigenvalue weighted by Gasteiger charge is 2.18. The number of benzene rings is 1. The summed E-state index contributed by atoms with van der Waals surface area (Å²) in [6.45, 7) is 2.16. The average molecular weight is 287 g/mol. The lowest BCUT2D eigenvalue weighted by Crippen LogP contribution is -2.33. The third-order valence-corrected chi connectivity index (χ3v) is 2.91. The number of nitrogens with one attached hydrogen (secondary N) is 1. The molecule has 1 amide bonds. The molecule has 0 bridgehead atoms. The fourth-order valence-electron chi connectivity index (χ4n) is 1.63. The van der Waals surface area contributed by atoms with Gasteiger partial charge in [0.1, 0.15) is 0 Å². The van der Waals surface area contributed by atoms with Crippen LogP contribution in [0.25, 0.3) is 0 Å². The molecule has 0 aliphatic heterocycles. The molecule has 1 aromatic rings. The summed E-state index contributed by atoms with van der Waals surface area (Å²) < 4.78 is 10.8. The number of hydrogen-bond donors (Lipinski definition) is 2. The van der Waals surface area contributed by atoms with Crippen LogP contribution in [0.3, 0.4) is 0 Å². The zero-order chi connectivity index (χ0) is 14.4. The molecule has 1 aromatic carbocycles. The zero-order valence-electron chi connectivity index (χ0n) is 11.3. The first-order valence-corrected chi connectivity index (χ1v) is 6.36. The number of halogens is 1. The van der Waals surface area contributed by atoms with E-state index in [4.69, 9.17) is 26.8 Å². The number of amides is 1. The number of methoxy groups -OCH3 is 1. The highest BCUT2D eigenvalue weighted by Crippen LogP contribution is 2.37. The van der Waals surface area contributed by atoms with Gasteiger partial charge in [-0.3, -0.25) is 4.79 Å². The van der Waals surface area contributed by atoms with Crippen molar-refractivity contribution in [1.82, 2.24) is 5.32 Å². The van der Waals surface area contributed by atoms with Crippen LogP contribution in [-0.2, 0) is 11.2 Å². The van der Waals surface area contributed by atoms with Gasteiger partial charge in [-0.25, -0.2) is 0 Å². The molecule has 0 radical (unpaired) electrons. The second kappa shape index (κ2) is 7.21. The summed E-state index contributed by atoms with van der Waals surface area (Å²) in [6, 6.07) is 3.58. The minimum atomic E-state index is -0.656. The Morgan fingerprint density at radius 1 is 1.53 bits per heavy atom. The van der Waals surface area contributed by atoms with Gasteiger partial charge in [0, 0.05) is 7.05 Å². The Hall–Kier alpha value is -1.46. The number of hydrogen-bond acceptors (Lipinski definition) is 4. The molecular weight excluding hydrogens is 268 g/mol. The van der Waals surface area contributed by atoms with Gasteiger partial charge < -0.3 is 20.5 Å². The summed E-state index contributed by atoms with van der Waals surface area (Å²) in [5.41, 5.74) is 6.47. The number of ether oxygens (including phenoxy) is 2. The summed E-state index contributed by atoms with van der Waals surface area (Å²) in [6.07, 6.45) is 0.0400. The standard InChI is InChI=1S/C13H19ClN2O3/c1-8(13(17)16-2)19-12-10(14)6-9(4-5-15)7-11(12)18-3/h6-8H,4-5,15H2,1-3H3,(H,16,17). The largest absolute Gasteiger partial charge is 0.493 e. The van der Waals surface area contributed by atoms with E-state index in [9.17, 15) is 4.79 Å². The molecular formula is C13H19ClN2O3.